The molecular weight excluding hydrogens is 318 g/mol. The van der Waals surface area contributed by atoms with Gasteiger partial charge in [0.2, 0.25) is 5.90 Å². The standard InChI is InChI=1S/C20H19NO4/c1-4-24-18-15(6-5-7-17(18)23-3)12-16-20(22)25-19(21-16)14-10-8-13(2)9-11-14/h5-12H,4H2,1-3H3/b16-12-. The summed E-state index contributed by atoms with van der Waals surface area (Å²) in [4.78, 5) is 16.5. The summed E-state index contributed by atoms with van der Waals surface area (Å²) < 4.78 is 16.3. The molecule has 0 atom stereocenters. The van der Waals surface area contributed by atoms with E-state index >= 15 is 0 Å². The fraction of sp³-hybridized carbons (Fsp3) is 0.200. The molecule has 0 unspecified atom stereocenters. The Morgan fingerprint density at radius 1 is 1.16 bits per heavy atom. The molecule has 1 aliphatic heterocycles. The highest BCUT2D eigenvalue weighted by Gasteiger charge is 2.24. The molecule has 0 radical (unpaired) electrons. The van der Waals surface area contributed by atoms with Gasteiger partial charge in [0.25, 0.3) is 0 Å². The normalized spacial score (nSPS) is 15.1. The molecule has 128 valence electrons. The number of aliphatic imine (C=N–C) groups is 1. The van der Waals surface area contributed by atoms with Crippen LogP contribution in [0, 0.1) is 6.92 Å². The van der Waals surface area contributed by atoms with Crippen LogP contribution in [0.3, 0.4) is 0 Å². The van der Waals surface area contributed by atoms with Gasteiger partial charge in [-0.1, -0.05) is 29.8 Å². The molecule has 0 aromatic heterocycles. The van der Waals surface area contributed by atoms with Crippen molar-refractivity contribution in [2.75, 3.05) is 13.7 Å². The maximum atomic E-state index is 12.2. The number of para-hydroxylation sites is 1. The van der Waals surface area contributed by atoms with Crippen LogP contribution >= 0.6 is 0 Å². The number of methoxy groups -OCH3 is 1. The summed E-state index contributed by atoms with van der Waals surface area (Å²) in [7, 11) is 1.58. The lowest BCUT2D eigenvalue weighted by atomic mass is 10.1. The fourth-order valence-corrected chi connectivity index (χ4v) is 2.48. The molecule has 0 bridgehead atoms. The number of ether oxygens (including phenoxy) is 3. The largest absolute Gasteiger partial charge is 0.493 e. The van der Waals surface area contributed by atoms with Crippen molar-refractivity contribution in [2.45, 2.75) is 13.8 Å². The average molecular weight is 337 g/mol. The van der Waals surface area contributed by atoms with E-state index in [1.807, 2.05) is 50.2 Å². The molecule has 0 saturated carbocycles. The Morgan fingerprint density at radius 3 is 2.60 bits per heavy atom. The van der Waals surface area contributed by atoms with Crippen LogP contribution < -0.4 is 9.47 Å². The van der Waals surface area contributed by atoms with E-state index in [0.717, 1.165) is 11.1 Å². The van der Waals surface area contributed by atoms with Gasteiger partial charge in [-0.15, -0.1) is 0 Å². The van der Waals surface area contributed by atoms with Crippen LogP contribution in [0.4, 0.5) is 0 Å². The van der Waals surface area contributed by atoms with E-state index in [-0.39, 0.29) is 5.70 Å². The van der Waals surface area contributed by atoms with E-state index in [1.54, 1.807) is 19.3 Å². The number of benzene rings is 2. The van der Waals surface area contributed by atoms with Gasteiger partial charge in [-0.05, 0) is 38.1 Å². The molecule has 25 heavy (non-hydrogen) atoms. The monoisotopic (exact) mass is 337 g/mol. The van der Waals surface area contributed by atoms with Crippen molar-refractivity contribution in [3.63, 3.8) is 0 Å². The minimum Gasteiger partial charge on any atom is -0.493 e. The van der Waals surface area contributed by atoms with E-state index in [0.29, 0.717) is 29.6 Å². The van der Waals surface area contributed by atoms with Gasteiger partial charge < -0.3 is 14.2 Å². The first-order valence-electron chi connectivity index (χ1n) is 8.01. The topological polar surface area (TPSA) is 57.1 Å². The zero-order valence-corrected chi connectivity index (χ0v) is 14.4. The molecule has 2 aromatic carbocycles. The molecule has 0 saturated heterocycles. The molecule has 0 aliphatic carbocycles. The predicted octanol–water partition coefficient (Wildman–Crippen LogP) is 3.75. The maximum Gasteiger partial charge on any atom is 0.363 e. The zero-order valence-electron chi connectivity index (χ0n) is 14.4. The van der Waals surface area contributed by atoms with Crippen LogP contribution in [0.15, 0.2) is 53.2 Å². The summed E-state index contributed by atoms with van der Waals surface area (Å²) in [6.45, 7) is 4.37. The summed E-state index contributed by atoms with van der Waals surface area (Å²) >= 11 is 0. The van der Waals surface area contributed by atoms with Crippen molar-refractivity contribution in [2.24, 2.45) is 4.99 Å². The molecule has 5 nitrogen and oxygen atoms in total. The van der Waals surface area contributed by atoms with Crippen LogP contribution in [0.25, 0.3) is 6.08 Å². The third-order valence-electron chi connectivity index (χ3n) is 3.73. The van der Waals surface area contributed by atoms with Crippen LogP contribution in [-0.4, -0.2) is 25.6 Å². The Labute approximate surface area is 146 Å². The number of cyclic esters (lactones) is 1. The van der Waals surface area contributed by atoms with Gasteiger partial charge in [0, 0.05) is 11.1 Å². The minimum atomic E-state index is -0.485. The van der Waals surface area contributed by atoms with Crippen LogP contribution in [0.5, 0.6) is 11.5 Å². The molecule has 2 aromatic rings. The number of carbonyl (C=O) groups excluding carboxylic acids is 1. The van der Waals surface area contributed by atoms with Gasteiger partial charge in [-0.3, -0.25) is 0 Å². The number of hydrogen-bond donors (Lipinski definition) is 0. The smallest absolute Gasteiger partial charge is 0.363 e. The second kappa shape index (κ2) is 7.21. The Morgan fingerprint density at radius 2 is 1.92 bits per heavy atom. The van der Waals surface area contributed by atoms with Gasteiger partial charge in [-0.2, -0.15) is 0 Å². The van der Waals surface area contributed by atoms with E-state index in [4.69, 9.17) is 14.2 Å². The number of rotatable bonds is 5. The Balaban J connectivity index is 1.98. The highest BCUT2D eigenvalue weighted by atomic mass is 16.6. The average Bonchev–Trinajstić information content (AvgIpc) is 2.98. The van der Waals surface area contributed by atoms with Crippen molar-refractivity contribution in [3.05, 3.63) is 64.9 Å². The highest BCUT2D eigenvalue weighted by Crippen LogP contribution is 2.33. The van der Waals surface area contributed by atoms with Gasteiger partial charge in [-0.25, -0.2) is 9.79 Å². The maximum absolute atomic E-state index is 12.2. The molecule has 0 amide bonds. The molecule has 3 rings (SSSR count). The number of esters is 1. The van der Waals surface area contributed by atoms with Crippen LogP contribution in [-0.2, 0) is 9.53 Å². The quantitative estimate of drug-likeness (QED) is 0.616. The summed E-state index contributed by atoms with van der Waals surface area (Å²) in [6.07, 6.45) is 1.65. The Bertz CT molecular complexity index is 850. The first-order valence-corrected chi connectivity index (χ1v) is 8.01. The summed E-state index contributed by atoms with van der Waals surface area (Å²) in [5.74, 6) is 0.995. The van der Waals surface area contributed by atoms with Crippen molar-refractivity contribution in [1.29, 1.82) is 0 Å². The second-order valence-corrected chi connectivity index (χ2v) is 5.51. The lowest BCUT2D eigenvalue weighted by Crippen LogP contribution is -2.05. The van der Waals surface area contributed by atoms with E-state index in [9.17, 15) is 4.79 Å². The van der Waals surface area contributed by atoms with E-state index < -0.39 is 5.97 Å². The third-order valence-corrected chi connectivity index (χ3v) is 3.73. The number of aryl methyl sites for hydroxylation is 1. The first kappa shape index (κ1) is 16.8. The molecule has 5 heteroatoms. The third kappa shape index (κ3) is 3.55. The minimum absolute atomic E-state index is 0.227. The lowest BCUT2D eigenvalue weighted by Gasteiger charge is -2.11. The number of hydrogen-bond acceptors (Lipinski definition) is 5. The zero-order chi connectivity index (χ0) is 17.8. The molecule has 0 N–H and O–H groups in total. The van der Waals surface area contributed by atoms with Crippen LogP contribution in [0.1, 0.15) is 23.6 Å². The highest BCUT2D eigenvalue weighted by molar-refractivity contribution is 6.13. The van der Waals surface area contributed by atoms with E-state index in [2.05, 4.69) is 4.99 Å². The fourth-order valence-electron chi connectivity index (χ4n) is 2.48. The van der Waals surface area contributed by atoms with Gasteiger partial charge >= 0.3 is 5.97 Å². The van der Waals surface area contributed by atoms with Gasteiger partial charge in [0.05, 0.1) is 13.7 Å². The number of nitrogens with zero attached hydrogens (tertiary/aromatic N) is 1. The molecule has 0 fully saturated rings. The van der Waals surface area contributed by atoms with Crippen molar-refractivity contribution < 1.29 is 19.0 Å². The molecule has 1 heterocycles. The lowest BCUT2D eigenvalue weighted by molar-refractivity contribution is -0.129. The summed E-state index contributed by atoms with van der Waals surface area (Å²) in [6, 6.07) is 13.1. The summed E-state index contributed by atoms with van der Waals surface area (Å²) in [5, 5.41) is 0. The number of carbonyl (C=O) groups is 1. The van der Waals surface area contributed by atoms with Gasteiger partial charge in [0.1, 0.15) is 0 Å². The molecule has 0 spiro atoms. The van der Waals surface area contributed by atoms with Gasteiger partial charge in [0.15, 0.2) is 17.2 Å². The molecule has 1 aliphatic rings. The SMILES string of the molecule is CCOc1c(/C=C2\N=C(c3ccc(C)cc3)OC2=O)cccc1OC. The first-order chi connectivity index (χ1) is 12.1. The van der Waals surface area contributed by atoms with Crippen molar-refractivity contribution >= 4 is 17.9 Å². The molecular formula is C20H19NO4. The Kier molecular flexibility index (Phi) is 4.84. The van der Waals surface area contributed by atoms with Crippen LogP contribution in [0.2, 0.25) is 0 Å². The predicted molar refractivity (Wildman–Crippen MR) is 95.9 cm³/mol. The van der Waals surface area contributed by atoms with Crippen molar-refractivity contribution in [1.82, 2.24) is 0 Å². The Hall–Kier alpha value is -3.08. The summed E-state index contributed by atoms with van der Waals surface area (Å²) in [5.41, 5.74) is 2.83. The van der Waals surface area contributed by atoms with Crippen molar-refractivity contribution in [3.8, 4) is 11.5 Å². The second-order valence-electron chi connectivity index (χ2n) is 5.51. The van der Waals surface area contributed by atoms with E-state index in [1.165, 1.54) is 0 Å².